The Hall–Kier alpha value is -2.05. The number of phenolic OH excluding ortho intramolecular Hbond substituents is 2. The first kappa shape index (κ1) is 15.3. The van der Waals surface area contributed by atoms with Gasteiger partial charge in [0.05, 0.1) is 19.6 Å². The van der Waals surface area contributed by atoms with E-state index in [1.165, 1.54) is 19.2 Å². The summed E-state index contributed by atoms with van der Waals surface area (Å²) in [6, 6.07) is 8.13. The zero-order chi connectivity index (χ0) is 15.2. The summed E-state index contributed by atoms with van der Waals surface area (Å²) in [5.41, 5.74) is 0.652. The van der Waals surface area contributed by atoms with Gasteiger partial charge in [0.1, 0.15) is 11.5 Å². The van der Waals surface area contributed by atoms with Gasteiger partial charge in [0, 0.05) is 23.1 Å². The number of esters is 1. The maximum Gasteiger partial charge on any atom is 0.307 e. The van der Waals surface area contributed by atoms with E-state index in [0.717, 1.165) is 4.88 Å². The molecule has 1 aromatic carbocycles. The second-order valence-corrected chi connectivity index (χ2v) is 5.52. The molecule has 0 bridgehead atoms. The number of carbonyl (C=O) groups excluding carboxylic acids is 1. The van der Waals surface area contributed by atoms with Crippen molar-refractivity contribution in [3.05, 3.63) is 46.2 Å². The highest BCUT2D eigenvalue weighted by Crippen LogP contribution is 2.26. The Morgan fingerprint density at radius 3 is 2.81 bits per heavy atom. The molecule has 1 aromatic heterocycles. The van der Waals surface area contributed by atoms with Crippen molar-refractivity contribution in [1.82, 2.24) is 5.32 Å². The molecule has 2 aromatic rings. The lowest BCUT2D eigenvalue weighted by molar-refractivity contribution is -0.141. The Kier molecular flexibility index (Phi) is 5.19. The summed E-state index contributed by atoms with van der Waals surface area (Å²) in [6.45, 7) is 0.381. The molecule has 0 saturated carbocycles. The fourth-order valence-electron chi connectivity index (χ4n) is 1.95. The minimum absolute atomic E-state index is 0.0145. The van der Waals surface area contributed by atoms with Crippen LogP contribution < -0.4 is 5.32 Å². The quantitative estimate of drug-likeness (QED) is 0.715. The number of nitrogens with one attached hydrogen (secondary N) is 1. The normalized spacial score (nSPS) is 12.0. The van der Waals surface area contributed by atoms with E-state index in [1.54, 1.807) is 17.4 Å². The molecule has 0 radical (unpaired) electrons. The number of hydrogen-bond donors (Lipinski definition) is 3. The van der Waals surface area contributed by atoms with Gasteiger partial charge in [-0.1, -0.05) is 12.1 Å². The molecule has 0 aliphatic heterocycles. The van der Waals surface area contributed by atoms with E-state index >= 15 is 0 Å². The van der Waals surface area contributed by atoms with Gasteiger partial charge in [-0.05, 0) is 17.5 Å². The number of rotatable bonds is 6. The predicted octanol–water partition coefficient (Wildman–Crippen LogP) is 2.55. The number of phenols is 2. The number of carbonyl (C=O) groups is 1. The van der Waals surface area contributed by atoms with E-state index in [-0.39, 0.29) is 29.9 Å². The minimum Gasteiger partial charge on any atom is -0.508 e. The monoisotopic (exact) mass is 307 g/mol. The Balaban J connectivity index is 2.06. The first-order valence-corrected chi connectivity index (χ1v) is 7.32. The average molecular weight is 307 g/mol. The molecule has 112 valence electrons. The van der Waals surface area contributed by atoms with Crippen LogP contribution in [0.15, 0.2) is 35.7 Å². The predicted molar refractivity (Wildman–Crippen MR) is 80.3 cm³/mol. The van der Waals surface area contributed by atoms with E-state index in [9.17, 15) is 15.0 Å². The fourth-order valence-corrected chi connectivity index (χ4v) is 2.75. The van der Waals surface area contributed by atoms with Crippen LogP contribution in [0.25, 0.3) is 0 Å². The number of ether oxygens (including phenoxy) is 1. The van der Waals surface area contributed by atoms with Crippen molar-refractivity contribution in [2.45, 2.75) is 19.0 Å². The molecule has 0 amide bonds. The third kappa shape index (κ3) is 4.21. The molecule has 0 spiro atoms. The lowest BCUT2D eigenvalue weighted by atomic mass is 10.1. The molecule has 1 unspecified atom stereocenters. The van der Waals surface area contributed by atoms with Crippen molar-refractivity contribution in [2.24, 2.45) is 0 Å². The van der Waals surface area contributed by atoms with Crippen LogP contribution in [-0.4, -0.2) is 23.3 Å². The summed E-state index contributed by atoms with van der Waals surface area (Å²) in [6.07, 6.45) is 0.218. The Bertz CT molecular complexity index is 598. The largest absolute Gasteiger partial charge is 0.508 e. The summed E-state index contributed by atoms with van der Waals surface area (Å²) in [7, 11) is 1.36. The van der Waals surface area contributed by atoms with Crippen molar-refractivity contribution in [1.29, 1.82) is 0 Å². The summed E-state index contributed by atoms with van der Waals surface area (Å²) in [5.74, 6) is -0.262. The van der Waals surface area contributed by atoms with Crippen LogP contribution in [0.3, 0.4) is 0 Å². The third-order valence-corrected chi connectivity index (χ3v) is 4.08. The third-order valence-electron chi connectivity index (χ3n) is 3.09. The van der Waals surface area contributed by atoms with E-state index < -0.39 is 0 Å². The molecule has 5 nitrogen and oxygen atoms in total. The van der Waals surface area contributed by atoms with Gasteiger partial charge in [0.15, 0.2) is 0 Å². The summed E-state index contributed by atoms with van der Waals surface area (Å²) in [5, 5.41) is 24.2. The fraction of sp³-hybridized carbons (Fsp3) is 0.267. The van der Waals surface area contributed by atoms with Crippen LogP contribution >= 0.6 is 11.3 Å². The molecule has 0 aliphatic rings. The SMILES string of the molecule is COC(=O)CC(NCc1ccc(O)cc1O)c1cccs1. The zero-order valence-corrected chi connectivity index (χ0v) is 12.4. The van der Waals surface area contributed by atoms with Crippen molar-refractivity contribution in [2.75, 3.05) is 7.11 Å². The number of aromatic hydroxyl groups is 2. The van der Waals surface area contributed by atoms with Gasteiger partial charge in [-0.15, -0.1) is 11.3 Å². The molecule has 0 aliphatic carbocycles. The van der Waals surface area contributed by atoms with Gasteiger partial charge >= 0.3 is 5.97 Å². The van der Waals surface area contributed by atoms with E-state index in [2.05, 4.69) is 5.32 Å². The van der Waals surface area contributed by atoms with Gasteiger partial charge in [0.2, 0.25) is 0 Å². The molecule has 0 fully saturated rings. The summed E-state index contributed by atoms with van der Waals surface area (Å²) < 4.78 is 4.71. The van der Waals surface area contributed by atoms with E-state index in [0.29, 0.717) is 12.1 Å². The minimum atomic E-state index is -0.296. The van der Waals surface area contributed by atoms with Gasteiger partial charge in [-0.2, -0.15) is 0 Å². The van der Waals surface area contributed by atoms with Crippen LogP contribution in [0, 0.1) is 0 Å². The molecular formula is C15H17NO4S. The van der Waals surface area contributed by atoms with Crippen LogP contribution in [0.2, 0.25) is 0 Å². The highest BCUT2D eigenvalue weighted by molar-refractivity contribution is 7.10. The first-order chi connectivity index (χ1) is 10.1. The topological polar surface area (TPSA) is 78.8 Å². The Morgan fingerprint density at radius 2 is 2.19 bits per heavy atom. The molecular weight excluding hydrogens is 290 g/mol. The first-order valence-electron chi connectivity index (χ1n) is 6.44. The standard InChI is InChI=1S/C15H17NO4S/c1-20-15(19)8-12(14-3-2-6-21-14)16-9-10-4-5-11(17)7-13(10)18/h2-7,12,16-18H,8-9H2,1H3. The molecule has 6 heteroatoms. The lowest BCUT2D eigenvalue weighted by Gasteiger charge is -2.17. The second-order valence-electron chi connectivity index (χ2n) is 4.54. The summed E-state index contributed by atoms with van der Waals surface area (Å²) >= 11 is 1.55. The zero-order valence-electron chi connectivity index (χ0n) is 11.6. The number of hydrogen-bond acceptors (Lipinski definition) is 6. The average Bonchev–Trinajstić information content (AvgIpc) is 2.98. The van der Waals surface area contributed by atoms with Crippen molar-refractivity contribution >= 4 is 17.3 Å². The van der Waals surface area contributed by atoms with Crippen LogP contribution in [0.5, 0.6) is 11.5 Å². The molecule has 1 heterocycles. The van der Waals surface area contributed by atoms with Crippen LogP contribution in [-0.2, 0) is 16.1 Å². The number of benzene rings is 1. The van der Waals surface area contributed by atoms with Crippen molar-refractivity contribution < 1.29 is 19.7 Å². The lowest BCUT2D eigenvalue weighted by Crippen LogP contribution is -2.23. The van der Waals surface area contributed by atoms with Crippen molar-refractivity contribution in [3.8, 4) is 11.5 Å². The molecule has 3 N–H and O–H groups in total. The molecule has 1 atom stereocenters. The van der Waals surface area contributed by atoms with Crippen molar-refractivity contribution in [3.63, 3.8) is 0 Å². The highest BCUT2D eigenvalue weighted by atomic mass is 32.1. The maximum atomic E-state index is 11.5. The Labute approximate surface area is 126 Å². The second kappa shape index (κ2) is 7.10. The van der Waals surface area contributed by atoms with E-state index in [4.69, 9.17) is 4.74 Å². The van der Waals surface area contributed by atoms with Crippen LogP contribution in [0.4, 0.5) is 0 Å². The van der Waals surface area contributed by atoms with Gasteiger partial charge in [-0.25, -0.2) is 0 Å². The smallest absolute Gasteiger partial charge is 0.307 e. The van der Waals surface area contributed by atoms with Crippen LogP contribution in [0.1, 0.15) is 22.9 Å². The van der Waals surface area contributed by atoms with Gasteiger partial charge < -0.3 is 20.3 Å². The maximum absolute atomic E-state index is 11.5. The summed E-state index contributed by atoms with van der Waals surface area (Å²) in [4.78, 5) is 12.5. The molecule has 2 rings (SSSR count). The molecule has 21 heavy (non-hydrogen) atoms. The Morgan fingerprint density at radius 1 is 1.38 bits per heavy atom. The highest BCUT2D eigenvalue weighted by Gasteiger charge is 2.17. The number of methoxy groups -OCH3 is 1. The van der Waals surface area contributed by atoms with Gasteiger partial charge in [-0.3, -0.25) is 4.79 Å². The number of thiophene rings is 1. The molecule has 0 saturated heterocycles. The van der Waals surface area contributed by atoms with E-state index in [1.807, 2.05) is 17.5 Å². The van der Waals surface area contributed by atoms with Gasteiger partial charge in [0.25, 0.3) is 0 Å².